The molecule has 1 aromatic rings. The minimum atomic E-state index is -0.0146. The van der Waals surface area contributed by atoms with Crippen molar-refractivity contribution < 1.29 is 9.59 Å². The van der Waals surface area contributed by atoms with Gasteiger partial charge < -0.3 is 15.1 Å². The highest BCUT2D eigenvalue weighted by Crippen LogP contribution is 2.20. The number of nitrogens with zero attached hydrogens (tertiary/aromatic N) is 2. The Morgan fingerprint density at radius 2 is 1.85 bits per heavy atom. The third kappa shape index (κ3) is 5.80. The van der Waals surface area contributed by atoms with Crippen LogP contribution in [0.25, 0.3) is 0 Å². The van der Waals surface area contributed by atoms with E-state index < -0.39 is 0 Å². The zero-order valence-electron chi connectivity index (χ0n) is 16.7. The maximum Gasteiger partial charge on any atom is 0.251 e. The molecule has 0 aliphatic carbocycles. The number of rotatable bonds is 7. The molecule has 0 aromatic heterocycles. The Morgan fingerprint density at radius 1 is 1.15 bits per heavy atom. The number of likely N-dealkylation sites (tertiary alicyclic amines) is 2. The smallest absolute Gasteiger partial charge is 0.251 e. The summed E-state index contributed by atoms with van der Waals surface area (Å²) in [5.41, 5.74) is 1.77. The van der Waals surface area contributed by atoms with Crippen LogP contribution in [0.5, 0.6) is 0 Å². The van der Waals surface area contributed by atoms with Gasteiger partial charge in [0.25, 0.3) is 5.91 Å². The molecule has 2 amide bonds. The van der Waals surface area contributed by atoms with E-state index in [0.717, 1.165) is 43.3 Å². The van der Waals surface area contributed by atoms with Crippen LogP contribution in [0.15, 0.2) is 24.3 Å². The summed E-state index contributed by atoms with van der Waals surface area (Å²) < 4.78 is 0. The molecule has 0 unspecified atom stereocenters. The van der Waals surface area contributed by atoms with E-state index in [-0.39, 0.29) is 11.8 Å². The minimum absolute atomic E-state index is 0.0146. The molecule has 0 saturated carbocycles. The Bertz CT molecular complexity index is 633. The molecule has 2 heterocycles. The number of nitrogens with one attached hydrogen (secondary N) is 1. The fourth-order valence-corrected chi connectivity index (χ4v) is 4.43. The average molecular weight is 372 g/mol. The molecule has 5 heteroatoms. The van der Waals surface area contributed by atoms with E-state index in [4.69, 9.17) is 0 Å². The molecule has 2 fully saturated rings. The zero-order valence-corrected chi connectivity index (χ0v) is 16.7. The SMILES string of the molecule is C[C@@H]1C[C@H](C)CN(CCCNC(=O)c2ccc(CN3CCCC3=O)cc2)C1. The van der Waals surface area contributed by atoms with Gasteiger partial charge >= 0.3 is 0 Å². The number of amides is 2. The summed E-state index contributed by atoms with van der Waals surface area (Å²) in [6, 6.07) is 7.63. The first-order valence-corrected chi connectivity index (χ1v) is 10.4. The molecule has 2 aliphatic rings. The summed E-state index contributed by atoms with van der Waals surface area (Å²) in [6.45, 7) is 10.3. The lowest BCUT2D eigenvalue weighted by Crippen LogP contribution is -2.40. The second kappa shape index (κ2) is 9.36. The topological polar surface area (TPSA) is 52.7 Å². The quantitative estimate of drug-likeness (QED) is 0.750. The standard InChI is InChI=1S/C22H33N3O2/c1-17-13-18(2)15-24(14-17)11-4-10-23-22(27)20-8-6-19(7-9-20)16-25-12-3-5-21(25)26/h6-9,17-18H,3-5,10-16H2,1-2H3,(H,23,27)/t17-,18+. The number of carbonyl (C=O) groups is 2. The zero-order chi connectivity index (χ0) is 19.2. The average Bonchev–Trinajstić information content (AvgIpc) is 3.03. The molecule has 0 radical (unpaired) electrons. The Kier molecular flexibility index (Phi) is 6.89. The van der Waals surface area contributed by atoms with E-state index in [0.29, 0.717) is 25.1 Å². The van der Waals surface area contributed by atoms with Crippen molar-refractivity contribution in [2.75, 3.05) is 32.7 Å². The highest BCUT2D eigenvalue weighted by atomic mass is 16.2. The molecule has 2 atom stereocenters. The third-order valence-electron chi connectivity index (χ3n) is 5.64. The van der Waals surface area contributed by atoms with Gasteiger partial charge in [-0.2, -0.15) is 0 Å². The highest BCUT2D eigenvalue weighted by Gasteiger charge is 2.21. The normalized spacial score (nSPS) is 23.6. The van der Waals surface area contributed by atoms with Crippen LogP contribution in [-0.2, 0) is 11.3 Å². The number of carbonyl (C=O) groups excluding carboxylic acids is 2. The minimum Gasteiger partial charge on any atom is -0.352 e. The summed E-state index contributed by atoms with van der Waals surface area (Å²) in [5.74, 6) is 1.77. The molecule has 1 N–H and O–H groups in total. The van der Waals surface area contributed by atoms with Crippen molar-refractivity contribution in [3.63, 3.8) is 0 Å². The molecule has 3 rings (SSSR count). The van der Waals surface area contributed by atoms with Crippen LogP contribution in [-0.4, -0.2) is 54.3 Å². The second-order valence-electron chi connectivity index (χ2n) is 8.43. The summed E-state index contributed by atoms with van der Waals surface area (Å²) >= 11 is 0. The van der Waals surface area contributed by atoms with Gasteiger partial charge in [-0.15, -0.1) is 0 Å². The van der Waals surface area contributed by atoms with Gasteiger partial charge in [0, 0.05) is 44.7 Å². The van der Waals surface area contributed by atoms with Crippen molar-refractivity contribution in [2.24, 2.45) is 11.8 Å². The predicted octanol–water partition coefficient (Wildman–Crippen LogP) is 2.91. The Morgan fingerprint density at radius 3 is 2.48 bits per heavy atom. The van der Waals surface area contributed by atoms with Gasteiger partial charge in [0.15, 0.2) is 0 Å². The van der Waals surface area contributed by atoms with E-state index in [1.807, 2.05) is 29.2 Å². The monoisotopic (exact) mass is 371 g/mol. The van der Waals surface area contributed by atoms with Crippen LogP contribution < -0.4 is 5.32 Å². The van der Waals surface area contributed by atoms with E-state index in [1.165, 1.54) is 19.5 Å². The van der Waals surface area contributed by atoms with Crippen LogP contribution >= 0.6 is 0 Å². The van der Waals surface area contributed by atoms with Gasteiger partial charge in [0.05, 0.1) is 0 Å². The molecule has 2 aliphatic heterocycles. The molecule has 0 spiro atoms. The predicted molar refractivity (Wildman–Crippen MR) is 107 cm³/mol. The summed E-state index contributed by atoms with van der Waals surface area (Å²) in [5, 5.41) is 3.03. The van der Waals surface area contributed by atoms with E-state index >= 15 is 0 Å². The van der Waals surface area contributed by atoms with Crippen LogP contribution in [0, 0.1) is 11.8 Å². The lowest BCUT2D eigenvalue weighted by molar-refractivity contribution is -0.128. The lowest BCUT2D eigenvalue weighted by Gasteiger charge is -2.34. The number of hydrogen-bond acceptors (Lipinski definition) is 3. The fraction of sp³-hybridized carbons (Fsp3) is 0.636. The van der Waals surface area contributed by atoms with Crippen molar-refractivity contribution in [2.45, 2.75) is 46.1 Å². The molecule has 0 bridgehead atoms. The van der Waals surface area contributed by atoms with Crippen LogP contribution in [0.2, 0.25) is 0 Å². The number of benzene rings is 1. The Hall–Kier alpha value is -1.88. The Labute approximate surface area is 163 Å². The van der Waals surface area contributed by atoms with Crippen molar-refractivity contribution in [3.05, 3.63) is 35.4 Å². The molecule has 148 valence electrons. The first-order valence-electron chi connectivity index (χ1n) is 10.4. The molecule has 27 heavy (non-hydrogen) atoms. The van der Waals surface area contributed by atoms with Crippen LogP contribution in [0.4, 0.5) is 0 Å². The molecular formula is C22H33N3O2. The van der Waals surface area contributed by atoms with Gasteiger partial charge in [-0.25, -0.2) is 0 Å². The maximum atomic E-state index is 12.3. The van der Waals surface area contributed by atoms with Gasteiger partial charge in [0.2, 0.25) is 5.91 Å². The first kappa shape index (κ1) is 19.9. The Balaban J connectivity index is 1.38. The van der Waals surface area contributed by atoms with E-state index in [2.05, 4.69) is 24.1 Å². The van der Waals surface area contributed by atoms with Crippen molar-refractivity contribution in [1.82, 2.24) is 15.1 Å². The molecular weight excluding hydrogens is 338 g/mol. The molecule has 5 nitrogen and oxygen atoms in total. The third-order valence-corrected chi connectivity index (χ3v) is 5.64. The second-order valence-corrected chi connectivity index (χ2v) is 8.43. The summed E-state index contributed by atoms with van der Waals surface area (Å²) in [6.07, 6.45) is 3.93. The number of piperidine rings is 1. The highest BCUT2D eigenvalue weighted by molar-refractivity contribution is 5.94. The van der Waals surface area contributed by atoms with Crippen LogP contribution in [0.3, 0.4) is 0 Å². The van der Waals surface area contributed by atoms with Crippen molar-refractivity contribution in [3.8, 4) is 0 Å². The summed E-state index contributed by atoms with van der Waals surface area (Å²) in [4.78, 5) is 28.4. The van der Waals surface area contributed by atoms with Crippen LogP contribution in [0.1, 0.15) is 55.5 Å². The van der Waals surface area contributed by atoms with Gasteiger partial charge in [-0.1, -0.05) is 26.0 Å². The van der Waals surface area contributed by atoms with Gasteiger partial charge in [-0.3, -0.25) is 9.59 Å². The maximum absolute atomic E-state index is 12.3. The van der Waals surface area contributed by atoms with Gasteiger partial charge in [0.1, 0.15) is 0 Å². The van der Waals surface area contributed by atoms with Crippen molar-refractivity contribution >= 4 is 11.8 Å². The largest absolute Gasteiger partial charge is 0.352 e. The lowest BCUT2D eigenvalue weighted by atomic mass is 9.92. The fourth-order valence-electron chi connectivity index (χ4n) is 4.43. The van der Waals surface area contributed by atoms with E-state index in [9.17, 15) is 9.59 Å². The van der Waals surface area contributed by atoms with Gasteiger partial charge in [-0.05, 0) is 55.3 Å². The van der Waals surface area contributed by atoms with Crippen molar-refractivity contribution in [1.29, 1.82) is 0 Å². The number of hydrogen-bond donors (Lipinski definition) is 1. The first-order chi connectivity index (χ1) is 13.0. The van der Waals surface area contributed by atoms with E-state index in [1.54, 1.807) is 0 Å². The summed E-state index contributed by atoms with van der Waals surface area (Å²) in [7, 11) is 0. The molecule has 1 aromatic carbocycles. The molecule has 2 saturated heterocycles.